The Labute approximate surface area is 113 Å². The molecule has 4 heteroatoms. The molecule has 1 aromatic rings. The number of rotatable bonds is 5. The molecule has 1 saturated heterocycles. The quantitative estimate of drug-likeness (QED) is 0.807. The Morgan fingerprint density at radius 1 is 1.39 bits per heavy atom. The Morgan fingerprint density at radius 3 is 3.06 bits per heavy atom. The predicted molar refractivity (Wildman–Crippen MR) is 73.0 cm³/mol. The van der Waals surface area contributed by atoms with Crippen LogP contribution in [0.15, 0.2) is 18.2 Å². The van der Waals surface area contributed by atoms with Gasteiger partial charge in [-0.05, 0) is 50.4 Å². The smallest absolute Gasteiger partial charge is 0.120 e. The van der Waals surface area contributed by atoms with Gasteiger partial charge < -0.3 is 15.2 Å². The van der Waals surface area contributed by atoms with E-state index in [0.717, 1.165) is 25.1 Å². The first-order chi connectivity index (χ1) is 8.75. The van der Waals surface area contributed by atoms with Crippen molar-refractivity contribution in [2.75, 3.05) is 13.2 Å². The summed E-state index contributed by atoms with van der Waals surface area (Å²) in [5, 5.41) is 13.6. The lowest BCUT2D eigenvalue weighted by Crippen LogP contribution is -2.25. The number of hydrogen-bond acceptors (Lipinski definition) is 3. The second-order valence-corrected chi connectivity index (χ2v) is 5.16. The third kappa shape index (κ3) is 4.16. The third-order valence-electron chi connectivity index (χ3n) is 3.27. The number of aromatic hydroxyl groups is 1. The molecule has 100 valence electrons. The van der Waals surface area contributed by atoms with Crippen molar-refractivity contribution in [2.45, 2.75) is 38.3 Å². The summed E-state index contributed by atoms with van der Waals surface area (Å²) in [5.41, 5.74) is 0.840. The van der Waals surface area contributed by atoms with E-state index in [2.05, 4.69) is 5.32 Å². The summed E-state index contributed by atoms with van der Waals surface area (Å²) in [5.74, 6) is 0.292. The van der Waals surface area contributed by atoms with Crippen molar-refractivity contribution in [1.29, 1.82) is 0 Å². The number of halogens is 1. The first-order valence-electron chi connectivity index (χ1n) is 6.55. The Bertz CT molecular complexity index is 378. The molecule has 0 bridgehead atoms. The average molecular weight is 270 g/mol. The second kappa shape index (κ2) is 6.98. The summed E-state index contributed by atoms with van der Waals surface area (Å²) in [7, 11) is 0. The molecule has 0 aromatic heterocycles. The van der Waals surface area contributed by atoms with Crippen molar-refractivity contribution in [3.8, 4) is 5.75 Å². The lowest BCUT2D eigenvalue weighted by atomic mass is 10.1. The monoisotopic (exact) mass is 269 g/mol. The van der Waals surface area contributed by atoms with Crippen LogP contribution in [0.5, 0.6) is 5.75 Å². The molecule has 1 heterocycles. The standard InChI is InChI=1S/C14H20ClNO2/c15-12-4-5-14(17)11(9-12)10-16-7-6-13-3-1-2-8-18-13/h4-5,9,13,16-17H,1-3,6-8,10H2. The highest BCUT2D eigenvalue weighted by Crippen LogP contribution is 2.21. The molecular weight excluding hydrogens is 250 g/mol. The molecule has 0 amide bonds. The Hall–Kier alpha value is -0.770. The van der Waals surface area contributed by atoms with Crippen LogP contribution in [-0.2, 0) is 11.3 Å². The summed E-state index contributed by atoms with van der Waals surface area (Å²) in [6, 6.07) is 5.11. The molecule has 1 fully saturated rings. The first-order valence-corrected chi connectivity index (χ1v) is 6.93. The van der Waals surface area contributed by atoms with E-state index in [1.165, 1.54) is 19.3 Å². The lowest BCUT2D eigenvalue weighted by molar-refractivity contribution is 0.0115. The number of benzene rings is 1. The van der Waals surface area contributed by atoms with E-state index < -0.39 is 0 Å². The highest BCUT2D eigenvalue weighted by molar-refractivity contribution is 6.30. The minimum Gasteiger partial charge on any atom is -0.508 e. The van der Waals surface area contributed by atoms with Crippen LogP contribution in [0, 0.1) is 0 Å². The maximum absolute atomic E-state index is 9.66. The van der Waals surface area contributed by atoms with E-state index in [1.54, 1.807) is 18.2 Å². The van der Waals surface area contributed by atoms with E-state index in [0.29, 0.717) is 23.4 Å². The normalized spacial score (nSPS) is 19.9. The van der Waals surface area contributed by atoms with Crippen molar-refractivity contribution in [3.05, 3.63) is 28.8 Å². The van der Waals surface area contributed by atoms with E-state index in [1.807, 2.05) is 0 Å². The summed E-state index contributed by atoms with van der Waals surface area (Å²) >= 11 is 5.89. The van der Waals surface area contributed by atoms with Crippen LogP contribution in [0.4, 0.5) is 0 Å². The van der Waals surface area contributed by atoms with Crippen molar-refractivity contribution in [3.63, 3.8) is 0 Å². The van der Waals surface area contributed by atoms with Crippen molar-refractivity contribution >= 4 is 11.6 Å². The summed E-state index contributed by atoms with van der Waals surface area (Å²) in [6.07, 6.45) is 5.07. The van der Waals surface area contributed by atoms with E-state index in [4.69, 9.17) is 16.3 Å². The maximum Gasteiger partial charge on any atom is 0.120 e. The molecule has 0 aliphatic carbocycles. The molecule has 1 atom stereocenters. The fourth-order valence-corrected chi connectivity index (χ4v) is 2.41. The van der Waals surface area contributed by atoms with Gasteiger partial charge in [0, 0.05) is 23.7 Å². The fourth-order valence-electron chi connectivity index (χ4n) is 2.22. The minimum atomic E-state index is 0.292. The molecule has 18 heavy (non-hydrogen) atoms. The topological polar surface area (TPSA) is 41.5 Å². The number of nitrogens with one attached hydrogen (secondary N) is 1. The largest absolute Gasteiger partial charge is 0.508 e. The second-order valence-electron chi connectivity index (χ2n) is 4.73. The van der Waals surface area contributed by atoms with Crippen LogP contribution in [0.2, 0.25) is 5.02 Å². The fraction of sp³-hybridized carbons (Fsp3) is 0.571. The zero-order valence-electron chi connectivity index (χ0n) is 10.5. The van der Waals surface area contributed by atoms with Gasteiger partial charge in [0.1, 0.15) is 5.75 Å². The maximum atomic E-state index is 9.66. The van der Waals surface area contributed by atoms with Crippen LogP contribution in [-0.4, -0.2) is 24.4 Å². The Balaban J connectivity index is 1.69. The molecule has 0 saturated carbocycles. The number of hydrogen-bond donors (Lipinski definition) is 2. The number of phenolic OH excluding ortho intramolecular Hbond substituents is 1. The average Bonchev–Trinajstić information content (AvgIpc) is 2.40. The third-order valence-corrected chi connectivity index (χ3v) is 3.51. The molecule has 2 rings (SSSR count). The van der Waals surface area contributed by atoms with Crippen molar-refractivity contribution in [2.24, 2.45) is 0 Å². The van der Waals surface area contributed by atoms with Gasteiger partial charge >= 0.3 is 0 Å². The number of ether oxygens (including phenoxy) is 1. The van der Waals surface area contributed by atoms with Gasteiger partial charge in [-0.15, -0.1) is 0 Å². The molecule has 1 aliphatic heterocycles. The molecule has 3 nitrogen and oxygen atoms in total. The number of phenols is 1. The van der Waals surface area contributed by atoms with Gasteiger partial charge in [-0.2, -0.15) is 0 Å². The van der Waals surface area contributed by atoms with Gasteiger partial charge in [0.05, 0.1) is 6.10 Å². The van der Waals surface area contributed by atoms with Gasteiger partial charge in [0.25, 0.3) is 0 Å². The van der Waals surface area contributed by atoms with Gasteiger partial charge in [-0.1, -0.05) is 11.6 Å². The molecule has 0 radical (unpaired) electrons. The molecule has 0 spiro atoms. The summed E-state index contributed by atoms with van der Waals surface area (Å²) < 4.78 is 5.66. The molecule has 1 aromatic carbocycles. The lowest BCUT2D eigenvalue weighted by Gasteiger charge is -2.22. The van der Waals surface area contributed by atoms with Gasteiger partial charge in [-0.3, -0.25) is 0 Å². The van der Waals surface area contributed by atoms with Crippen LogP contribution >= 0.6 is 11.6 Å². The van der Waals surface area contributed by atoms with E-state index in [9.17, 15) is 5.11 Å². The minimum absolute atomic E-state index is 0.292. The Kier molecular flexibility index (Phi) is 5.29. The van der Waals surface area contributed by atoms with Crippen LogP contribution in [0.1, 0.15) is 31.2 Å². The molecule has 1 unspecified atom stereocenters. The molecular formula is C14H20ClNO2. The van der Waals surface area contributed by atoms with E-state index in [-0.39, 0.29) is 0 Å². The SMILES string of the molecule is Oc1ccc(Cl)cc1CNCCC1CCCCO1. The predicted octanol–water partition coefficient (Wildman–Crippen LogP) is 3.09. The van der Waals surface area contributed by atoms with Crippen molar-refractivity contribution in [1.82, 2.24) is 5.32 Å². The highest BCUT2D eigenvalue weighted by Gasteiger charge is 2.12. The first kappa shape index (κ1) is 13.7. The molecule has 2 N–H and O–H groups in total. The van der Waals surface area contributed by atoms with Crippen molar-refractivity contribution < 1.29 is 9.84 Å². The zero-order valence-corrected chi connectivity index (χ0v) is 11.2. The van der Waals surface area contributed by atoms with Crippen LogP contribution in [0.25, 0.3) is 0 Å². The van der Waals surface area contributed by atoms with Gasteiger partial charge in [-0.25, -0.2) is 0 Å². The highest BCUT2D eigenvalue weighted by atomic mass is 35.5. The summed E-state index contributed by atoms with van der Waals surface area (Å²) in [6.45, 7) is 2.44. The Morgan fingerprint density at radius 2 is 2.28 bits per heavy atom. The van der Waals surface area contributed by atoms with E-state index >= 15 is 0 Å². The molecule has 1 aliphatic rings. The van der Waals surface area contributed by atoms with Crippen LogP contribution < -0.4 is 5.32 Å². The van der Waals surface area contributed by atoms with Gasteiger partial charge in [0.2, 0.25) is 0 Å². The zero-order chi connectivity index (χ0) is 12.8. The summed E-state index contributed by atoms with van der Waals surface area (Å²) in [4.78, 5) is 0. The van der Waals surface area contributed by atoms with Gasteiger partial charge in [0.15, 0.2) is 0 Å². The van der Waals surface area contributed by atoms with Crippen LogP contribution in [0.3, 0.4) is 0 Å².